The van der Waals surface area contributed by atoms with E-state index in [1.54, 1.807) is 32.0 Å². The van der Waals surface area contributed by atoms with Crippen molar-refractivity contribution in [2.45, 2.75) is 24.0 Å². The molecule has 2 aromatic rings. The van der Waals surface area contributed by atoms with Crippen molar-refractivity contribution in [3.05, 3.63) is 41.1 Å². The van der Waals surface area contributed by atoms with E-state index in [1.165, 1.54) is 11.8 Å². The fourth-order valence-corrected chi connectivity index (χ4v) is 2.62. The quantitative estimate of drug-likeness (QED) is 0.633. The average molecular weight is 355 g/mol. The minimum absolute atomic E-state index is 0.284. The van der Waals surface area contributed by atoms with Gasteiger partial charge in [-0.2, -0.15) is 0 Å². The summed E-state index contributed by atoms with van der Waals surface area (Å²) in [5.41, 5.74) is 0. The molecular weight excluding hydrogens is 340 g/mol. The first-order valence-electron chi connectivity index (χ1n) is 6.76. The van der Waals surface area contributed by atoms with E-state index in [2.05, 4.69) is 10.5 Å². The number of benzene rings is 1. The lowest BCUT2D eigenvalue weighted by Crippen LogP contribution is -2.24. The van der Waals surface area contributed by atoms with Gasteiger partial charge in [-0.15, -0.1) is 11.8 Å². The monoisotopic (exact) mass is 354 g/mol. The summed E-state index contributed by atoms with van der Waals surface area (Å²) in [4.78, 5) is 24.4. The highest BCUT2D eigenvalue weighted by Gasteiger charge is 2.17. The number of hydrogen-bond acceptors (Lipinski definition) is 6. The van der Waals surface area contributed by atoms with Gasteiger partial charge >= 0.3 is 5.97 Å². The lowest BCUT2D eigenvalue weighted by molar-refractivity contribution is -0.146. The summed E-state index contributed by atoms with van der Waals surface area (Å²) in [7, 11) is 0. The molecular formula is C15H15ClN2O4S. The topological polar surface area (TPSA) is 81.4 Å². The molecule has 23 heavy (non-hydrogen) atoms. The number of halogens is 1. The Morgan fingerprint density at radius 3 is 2.70 bits per heavy atom. The van der Waals surface area contributed by atoms with Crippen LogP contribution in [0.2, 0.25) is 5.02 Å². The first-order chi connectivity index (χ1) is 10.9. The van der Waals surface area contributed by atoms with Gasteiger partial charge in [-0.3, -0.25) is 9.59 Å². The van der Waals surface area contributed by atoms with Crippen molar-refractivity contribution in [3.8, 4) is 0 Å². The average Bonchev–Trinajstić information content (AvgIpc) is 2.92. The molecule has 0 fully saturated rings. The van der Waals surface area contributed by atoms with Crippen LogP contribution < -0.4 is 5.32 Å². The van der Waals surface area contributed by atoms with Gasteiger partial charge in [0, 0.05) is 16.0 Å². The van der Waals surface area contributed by atoms with Crippen molar-refractivity contribution in [3.63, 3.8) is 0 Å². The van der Waals surface area contributed by atoms with E-state index < -0.39 is 17.1 Å². The smallest absolute Gasteiger partial charge is 0.319 e. The summed E-state index contributed by atoms with van der Waals surface area (Å²) >= 11 is 7.13. The zero-order valence-corrected chi connectivity index (χ0v) is 14.1. The fraction of sp³-hybridized carbons (Fsp3) is 0.267. The van der Waals surface area contributed by atoms with E-state index in [4.69, 9.17) is 20.9 Å². The number of aryl methyl sites for hydroxylation is 1. The Bertz CT molecular complexity index is 687. The molecule has 1 N–H and O–H groups in total. The van der Waals surface area contributed by atoms with Crippen molar-refractivity contribution in [2.75, 3.05) is 11.9 Å². The summed E-state index contributed by atoms with van der Waals surface area (Å²) in [6.45, 7) is 3.04. The second-order valence-corrected chi connectivity index (χ2v) is 6.54. The van der Waals surface area contributed by atoms with Gasteiger partial charge in [0.15, 0.2) is 12.4 Å². The summed E-state index contributed by atoms with van der Waals surface area (Å²) in [5.74, 6) is -0.0933. The molecule has 0 bridgehead atoms. The Hall–Kier alpha value is -1.99. The first-order valence-corrected chi connectivity index (χ1v) is 8.02. The number of carbonyl (C=O) groups excluding carboxylic acids is 2. The SMILES string of the molecule is Cc1cc(NC(=O)COC(=O)[C@H](C)Sc2ccc(Cl)cc2)no1. The van der Waals surface area contributed by atoms with Crippen LogP contribution in [0.25, 0.3) is 0 Å². The Morgan fingerprint density at radius 2 is 2.09 bits per heavy atom. The standard InChI is InChI=1S/C15H15ClN2O4S/c1-9-7-13(18-22-9)17-14(19)8-21-15(20)10(2)23-12-5-3-11(16)4-6-12/h3-7,10H,8H2,1-2H3,(H,17,18,19)/t10-/m0/s1. The maximum atomic E-state index is 11.9. The molecule has 2 rings (SSSR count). The molecule has 0 unspecified atom stereocenters. The highest BCUT2D eigenvalue weighted by molar-refractivity contribution is 8.00. The number of anilines is 1. The van der Waals surface area contributed by atoms with E-state index >= 15 is 0 Å². The van der Waals surface area contributed by atoms with Gasteiger partial charge in [0.05, 0.1) is 0 Å². The van der Waals surface area contributed by atoms with Crippen LogP contribution in [0.1, 0.15) is 12.7 Å². The van der Waals surface area contributed by atoms with Crippen LogP contribution in [0.4, 0.5) is 5.82 Å². The third kappa shape index (κ3) is 5.61. The Kier molecular flexibility index (Phi) is 6.06. The third-order valence-electron chi connectivity index (χ3n) is 2.70. The van der Waals surface area contributed by atoms with Gasteiger partial charge in [0.2, 0.25) is 0 Å². The van der Waals surface area contributed by atoms with Crippen LogP contribution in [0.15, 0.2) is 39.8 Å². The van der Waals surface area contributed by atoms with Gasteiger partial charge < -0.3 is 14.6 Å². The van der Waals surface area contributed by atoms with Crippen LogP contribution in [0.3, 0.4) is 0 Å². The number of nitrogens with zero attached hydrogens (tertiary/aromatic N) is 1. The molecule has 8 heteroatoms. The van der Waals surface area contributed by atoms with E-state index in [0.29, 0.717) is 10.8 Å². The molecule has 0 saturated heterocycles. The molecule has 0 aliphatic heterocycles. The van der Waals surface area contributed by atoms with Gasteiger partial charge in [-0.25, -0.2) is 0 Å². The second-order valence-electron chi connectivity index (χ2n) is 4.69. The molecule has 1 amide bonds. The number of rotatable bonds is 6. The number of aromatic nitrogens is 1. The molecule has 1 aromatic heterocycles. The van der Waals surface area contributed by atoms with Crippen molar-refractivity contribution >= 4 is 41.1 Å². The Labute approximate surface area is 142 Å². The largest absolute Gasteiger partial charge is 0.455 e. The van der Waals surface area contributed by atoms with Crippen molar-refractivity contribution < 1.29 is 18.8 Å². The van der Waals surface area contributed by atoms with Crippen molar-refractivity contribution in [1.82, 2.24) is 5.16 Å². The lowest BCUT2D eigenvalue weighted by atomic mass is 10.4. The zero-order valence-electron chi connectivity index (χ0n) is 12.5. The minimum atomic E-state index is -0.477. The molecule has 1 heterocycles. The number of ether oxygens (including phenoxy) is 1. The number of thioether (sulfide) groups is 1. The summed E-state index contributed by atoms with van der Waals surface area (Å²) in [6, 6.07) is 8.69. The number of hydrogen-bond donors (Lipinski definition) is 1. The molecule has 0 aliphatic rings. The van der Waals surface area contributed by atoms with Crippen molar-refractivity contribution in [2.24, 2.45) is 0 Å². The highest BCUT2D eigenvalue weighted by Crippen LogP contribution is 2.25. The molecule has 122 valence electrons. The number of nitrogens with one attached hydrogen (secondary N) is 1. The van der Waals surface area contributed by atoms with Crippen LogP contribution in [-0.2, 0) is 14.3 Å². The second kappa shape index (κ2) is 8.03. The van der Waals surface area contributed by atoms with E-state index in [9.17, 15) is 9.59 Å². The normalized spacial score (nSPS) is 11.8. The maximum absolute atomic E-state index is 11.9. The van der Waals surface area contributed by atoms with Gasteiger partial charge in [-0.1, -0.05) is 16.8 Å². The van der Waals surface area contributed by atoms with E-state index in [-0.39, 0.29) is 12.4 Å². The van der Waals surface area contributed by atoms with Crippen molar-refractivity contribution in [1.29, 1.82) is 0 Å². The highest BCUT2D eigenvalue weighted by atomic mass is 35.5. The van der Waals surface area contributed by atoms with Gasteiger partial charge in [0.1, 0.15) is 11.0 Å². The summed E-state index contributed by atoms with van der Waals surface area (Å²) in [5, 5.41) is 6.27. The molecule has 1 atom stereocenters. The predicted molar refractivity (Wildman–Crippen MR) is 87.6 cm³/mol. The number of amides is 1. The van der Waals surface area contributed by atoms with Gasteiger partial charge in [-0.05, 0) is 38.1 Å². The van der Waals surface area contributed by atoms with E-state index in [1.807, 2.05) is 12.1 Å². The number of esters is 1. The maximum Gasteiger partial charge on any atom is 0.319 e. The number of carbonyl (C=O) groups is 2. The molecule has 1 aromatic carbocycles. The zero-order chi connectivity index (χ0) is 16.8. The predicted octanol–water partition coefficient (Wildman–Crippen LogP) is 3.30. The lowest BCUT2D eigenvalue weighted by Gasteiger charge is -2.11. The first kappa shape index (κ1) is 17.4. The molecule has 0 spiro atoms. The van der Waals surface area contributed by atoms with Crippen LogP contribution in [0.5, 0.6) is 0 Å². The summed E-state index contributed by atoms with van der Waals surface area (Å²) < 4.78 is 9.80. The van der Waals surface area contributed by atoms with Crippen LogP contribution >= 0.6 is 23.4 Å². The fourth-order valence-electron chi connectivity index (χ4n) is 1.62. The third-order valence-corrected chi connectivity index (χ3v) is 4.04. The van der Waals surface area contributed by atoms with E-state index in [0.717, 1.165) is 4.90 Å². The van der Waals surface area contributed by atoms with Gasteiger partial charge in [0.25, 0.3) is 5.91 Å². The Balaban J connectivity index is 1.77. The Morgan fingerprint density at radius 1 is 1.39 bits per heavy atom. The molecule has 0 saturated carbocycles. The van der Waals surface area contributed by atoms with Crippen LogP contribution in [0, 0.1) is 6.92 Å². The molecule has 6 nitrogen and oxygen atoms in total. The molecule has 0 aliphatic carbocycles. The summed E-state index contributed by atoms with van der Waals surface area (Å²) in [6.07, 6.45) is 0. The minimum Gasteiger partial charge on any atom is -0.455 e. The molecule has 0 radical (unpaired) electrons. The van der Waals surface area contributed by atoms with Crippen LogP contribution in [-0.4, -0.2) is 28.9 Å².